The molecule has 0 aromatic carbocycles. The number of hydrogen-bond acceptors (Lipinski definition) is 11. The van der Waals surface area contributed by atoms with Crippen molar-refractivity contribution in [2.24, 2.45) is 11.3 Å². The first-order valence-electron chi connectivity index (χ1n) is 11.8. The van der Waals surface area contributed by atoms with E-state index >= 15 is 0 Å². The predicted octanol–water partition coefficient (Wildman–Crippen LogP) is -1.23. The second kappa shape index (κ2) is 11.4. The molecule has 2 saturated heterocycles. The third-order valence-corrected chi connectivity index (χ3v) is 6.82. The Kier molecular flexibility index (Phi) is 9.25. The average Bonchev–Trinajstić information content (AvgIpc) is 2.76. The van der Waals surface area contributed by atoms with Crippen LogP contribution < -0.4 is 0 Å². The van der Waals surface area contributed by atoms with Crippen LogP contribution in [0.1, 0.15) is 34.1 Å². The number of rotatable bonds is 7. The fourth-order valence-corrected chi connectivity index (χ4v) is 4.79. The number of ether oxygens (including phenoxy) is 4. The molecule has 2 heterocycles. The highest BCUT2D eigenvalue weighted by Crippen LogP contribution is 2.40. The summed E-state index contributed by atoms with van der Waals surface area (Å²) >= 11 is 0. The Hall–Kier alpha value is -1.25. The highest BCUT2D eigenvalue weighted by atomic mass is 16.7. The van der Waals surface area contributed by atoms with E-state index < -0.39 is 61.4 Å². The normalized spacial score (nSPS) is 43.3. The van der Waals surface area contributed by atoms with Crippen LogP contribution >= 0.6 is 0 Å². The molecule has 11 atom stereocenters. The van der Waals surface area contributed by atoms with Crippen LogP contribution in [0.2, 0.25) is 0 Å². The van der Waals surface area contributed by atoms with Crippen molar-refractivity contribution in [3.8, 4) is 0 Å². The Balaban J connectivity index is 1.60. The quantitative estimate of drug-likeness (QED) is 0.230. The lowest BCUT2D eigenvalue weighted by molar-refractivity contribution is -0.324. The number of carbonyl (C=O) groups excluding carboxylic acids is 1. The van der Waals surface area contributed by atoms with E-state index in [1.807, 2.05) is 26.8 Å². The molecule has 1 aliphatic carbocycles. The van der Waals surface area contributed by atoms with E-state index in [1.54, 1.807) is 19.1 Å². The van der Waals surface area contributed by atoms with Crippen LogP contribution in [0.15, 0.2) is 23.8 Å². The summed E-state index contributed by atoms with van der Waals surface area (Å²) in [4.78, 5) is 11.9. The maximum Gasteiger partial charge on any atom is 0.187 e. The van der Waals surface area contributed by atoms with Crippen molar-refractivity contribution in [2.75, 3.05) is 13.2 Å². The first-order valence-corrected chi connectivity index (χ1v) is 11.8. The van der Waals surface area contributed by atoms with Gasteiger partial charge in [0.25, 0.3) is 0 Å². The van der Waals surface area contributed by atoms with Crippen LogP contribution in [0.25, 0.3) is 0 Å². The van der Waals surface area contributed by atoms with Crippen molar-refractivity contribution in [3.63, 3.8) is 0 Å². The zero-order valence-electron chi connectivity index (χ0n) is 20.4. The summed E-state index contributed by atoms with van der Waals surface area (Å²) in [6.45, 7) is 7.06. The molecule has 0 bridgehead atoms. The summed E-state index contributed by atoms with van der Waals surface area (Å²) in [5.41, 5.74) is 0.689. The molecule has 3 rings (SSSR count). The van der Waals surface area contributed by atoms with Crippen molar-refractivity contribution < 1.29 is 54.4 Å². The summed E-state index contributed by atoms with van der Waals surface area (Å²) < 4.78 is 22.0. The second-order valence-corrected chi connectivity index (χ2v) is 10.3. The number of aliphatic hydroxyl groups excluding tert-OH is 6. The monoisotopic (exact) mass is 502 g/mol. The molecule has 200 valence electrons. The number of hydrogen-bond donors (Lipinski definition) is 6. The Bertz CT molecular complexity index is 796. The molecule has 11 heteroatoms. The van der Waals surface area contributed by atoms with Crippen molar-refractivity contribution >= 4 is 5.78 Å². The van der Waals surface area contributed by atoms with Crippen LogP contribution in [0.3, 0.4) is 0 Å². The van der Waals surface area contributed by atoms with Crippen LogP contribution in [-0.2, 0) is 23.7 Å². The number of carbonyl (C=O) groups is 1. The molecule has 0 amide bonds. The second-order valence-electron chi connectivity index (χ2n) is 10.3. The molecular formula is C24H38O11. The van der Waals surface area contributed by atoms with Gasteiger partial charge in [-0.3, -0.25) is 4.79 Å². The predicted molar refractivity (Wildman–Crippen MR) is 121 cm³/mol. The highest BCUT2D eigenvalue weighted by Gasteiger charge is 2.46. The number of allylic oxidation sites excluding steroid dienone is 3. The van der Waals surface area contributed by atoms with Gasteiger partial charge in [-0.1, -0.05) is 31.6 Å². The summed E-state index contributed by atoms with van der Waals surface area (Å²) in [7, 11) is 0. The fourth-order valence-electron chi connectivity index (χ4n) is 4.79. The highest BCUT2D eigenvalue weighted by molar-refractivity contribution is 5.92. The third kappa shape index (κ3) is 6.55. The Labute approximate surface area is 204 Å². The maximum atomic E-state index is 11.9. The van der Waals surface area contributed by atoms with E-state index in [9.17, 15) is 35.4 Å². The number of aliphatic hydroxyl groups is 6. The molecule has 0 radical (unpaired) electrons. The topological polar surface area (TPSA) is 175 Å². The summed E-state index contributed by atoms with van der Waals surface area (Å²) in [5, 5.41) is 60.3. The zero-order chi connectivity index (χ0) is 26.1. The SMILES string of the molecule is CC1=CC(=O)CC(C)(C)[C@@H]1/C=C/[C@@H](C)O[C@H]1O[C@@H](CO[C@H]2OC[C@@H](O)[C@@H](O)[C@H]2O)[C@@H](O)[C@@H](O)[C@H]1O. The molecule has 3 aliphatic rings. The van der Waals surface area contributed by atoms with Crippen LogP contribution in [-0.4, -0.2) is 111 Å². The van der Waals surface area contributed by atoms with Gasteiger partial charge in [0.1, 0.15) is 42.7 Å². The maximum absolute atomic E-state index is 11.9. The van der Waals surface area contributed by atoms with Gasteiger partial charge in [0, 0.05) is 12.3 Å². The zero-order valence-corrected chi connectivity index (χ0v) is 20.4. The first kappa shape index (κ1) is 28.3. The van der Waals surface area contributed by atoms with Crippen molar-refractivity contribution in [2.45, 2.75) is 95.5 Å². The summed E-state index contributed by atoms with van der Waals surface area (Å²) in [6.07, 6.45) is -7.31. The van der Waals surface area contributed by atoms with E-state index in [-0.39, 0.29) is 30.3 Å². The molecule has 11 nitrogen and oxygen atoms in total. The van der Waals surface area contributed by atoms with Crippen LogP contribution in [0.5, 0.6) is 0 Å². The summed E-state index contributed by atoms with van der Waals surface area (Å²) in [6, 6.07) is 0. The molecule has 0 unspecified atom stereocenters. The van der Waals surface area contributed by atoms with Crippen molar-refractivity contribution in [1.29, 1.82) is 0 Å². The van der Waals surface area contributed by atoms with Gasteiger partial charge in [-0.15, -0.1) is 0 Å². The molecule has 0 saturated carbocycles. The summed E-state index contributed by atoms with van der Waals surface area (Å²) in [5.74, 6) is 0.116. The Morgan fingerprint density at radius 3 is 2.37 bits per heavy atom. The lowest BCUT2D eigenvalue weighted by Crippen LogP contribution is -2.60. The molecule has 35 heavy (non-hydrogen) atoms. The van der Waals surface area contributed by atoms with Crippen LogP contribution in [0.4, 0.5) is 0 Å². The van der Waals surface area contributed by atoms with Gasteiger partial charge in [-0.2, -0.15) is 0 Å². The largest absolute Gasteiger partial charge is 0.388 e. The molecule has 6 N–H and O–H groups in total. The molecular weight excluding hydrogens is 464 g/mol. The lowest BCUT2D eigenvalue weighted by atomic mass is 9.68. The van der Waals surface area contributed by atoms with E-state index in [1.165, 1.54) is 0 Å². The molecule has 2 fully saturated rings. The van der Waals surface area contributed by atoms with Gasteiger partial charge in [-0.25, -0.2) is 0 Å². The smallest absolute Gasteiger partial charge is 0.187 e. The molecule has 0 aromatic heterocycles. The van der Waals surface area contributed by atoms with Gasteiger partial charge in [0.2, 0.25) is 0 Å². The lowest BCUT2D eigenvalue weighted by Gasteiger charge is -2.42. The van der Waals surface area contributed by atoms with E-state index in [0.717, 1.165) is 5.57 Å². The van der Waals surface area contributed by atoms with Crippen LogP contribution in [0, 0.1) is 11.3 Å². The minimum atomic E-state index is -1.59. The van der Waals surface area contributed by atoms with E-state index in [2.05, 4.69) is 0 Å². The minimum Gasteiger partial charge on any atom is -0.388 e. The van der Waals surface area contributed by atoms with Gasteiger partial charge in [0.05, 0.1) is 19.3 Å². The molecule has 0 spiro atoms. The third-order valence-electron chi connectivity index (χ3n) is 6.82. The average molecular weight is 503 g/mol. The van der Waals surface area contributed by atoms with E-state index in [4.69, 9.17) is 18.9 Å². The van der Waals surface area contributed by atoms with Crippen molar-refractivity contribution in [3.05, 3.63) is 23.8 Å². The van der Waals surface area contributed by atoms with E-state index in [0.29, 0.717) is 6.42 Å². The molecule has 2 aliphatic heterocycles. The van der Waals surface area contributed by atoms with Crippen molar-refractivity contribution in [1.82, 2.24) is 0 Å². The van der Waals surface area contributed by atoms with Gasteiger partial charge in [-0.05, 0) is 25.3 Å². The fraction of sp³-hybridized carbons (Fsp3) is 0.792. The molecule has 0 aromatic rings. The van der Waals surface area contributed by atoms with Gasteiger partial charge in [0.15, 0.2) is 18.4 Å². The minimum absolute atomic E-state index is 0.0211. The first-order chi connectivity index (χ1) is 16.3. The standard InChI is InChI=1S/C24H38O11/c1-11-7-13(25)8-24(3,4)14(11)6-5-12(2)34-23-21(31)19(29)18(28)16(35-23)10-33-22-20(30)17(27)15(26)9-32-22/h5-7,12,14-23,26-31H,8-10H2,1-4H3/b6-5+/t12-,14-,15-,16+,17-,18-,19-,20-,21-,22-,23+/m1/s1. The Morgan fingerprint density at radius 1 is 1.06 bits per heavy atom. The van der Waals surface area contributed by atoms with Gasteiger partial charge >= 0.3 is 0 Å². The number of ketones is 1. The Morgan fingerprint density at radius 2 is 1.71 bits per heavy atom. The van der Waals surface area contributed by atoms with Gasteiger partial charge < -0.3 is 49.6 Å².